The first-order valence-corrected chi connectivity index (χ1v) is 12.4. The highest BCUT2D eigenvalue weighted by Gasteiger charge is 2.32. The predicted molar refractivity (Wildman–Crippen MR) is 138 cm³/mol. The van der Waals surface area contributed by atoms with E-state index in [9.17, 15) is 5.26 Å². The van der Waals surface area contributed by atoms with E-state index in [1.165, 1.54) is 6.07 Å². The van der Waals surface area contributed by atoms with Crippen LogP contribution >= 0.6 is 0 Å². The molecule has 1 aliphatic heterocycles. The van der Waals surface area contributed by atoms with Crippen LogP contribution in [-0.4, -0.2) is 63.0 Å². The Morgan fingerprint density at radius 1 is 1.08 bits per heavy atom. The fourth-order valence-electron chi connectivity index (χ4n) is 5.24. The summed E-state index contributed by atoms with van der Waals surface area (Å²) in [6, 6.07) is 12.6. The van der Waals surface area contributed by atoms with Gasteiger partial charge in [-0.1, -0.05) is 12.1 Å². The van der Waals surface area contributed by atoms with Crippen molar-refractivity contribution >= 4 is 22.5 Å². The molecule has 190 valence electrons. The van der Waals surface area contributed by atoms with Gasteiger partial charge in [0, 0.05) is 75.3 Å². The van der Waals surface area contributed by atoms with Crippen molar-refractivity contribution in [1.82, 2.24) is 14.9 Å². The van der Waals surface area contributed by atoms with Crippen molar-refractivity contribution in [3.8, 4) is 6.07 Å². The Labute approximate surface area is 211 Å². The highest BCUT2D eigenvalue weighted by Crippen LogP contribution is 2.37. The number of fused-ring (bicyclic) bond motifs is 1. The van der Waals surface area contributed by atoms with Gasteiger partial charge in [0.25, 0.3) is 0 Å². The van der Waals surface area contributed by atoms with Gasteiger partial charge >= 0.3 is 0 Å². The molecule has 9 heteroatoms. The average molecular weight is 493 g/mol. The van der Waals surface area contributed by atoms with Gasteiger partial charge in [0.1, 0.15) is 11.7 Å². The van der Waals surface area contributed by atoms with Crippen molar-refractivity contribution in [3.05, 3.63) is 53.5 Å². The molecule has 8 nitrogen and oxygen atoms in total. The van der Waals surface area contributed by atoms with Crippen LogP contribution in [0.15, 0.2) is 36.5 Å². The number of hydrogen-bond acceptors (Lipinski definition) is 7. The Morgan fingerprint density at radius 2 is 1.72 bits per heavy atom. The maximum atomic E-state index is 15.2. The first-order chi connectivity index (χ1) is 17.4. The van der Waals surface area contributed by atoms with Gasteiger partial charge in [0.15, 0.2) is 17.4 Å². The summed E-state index contributed by atoms with van der Waals surface area (Å²) in [6.45, 7) is 4.70. The van der Waals surface area contributed by atoms with Gasteiger partial charge in [-0.25, -0.2) is 9.37 Å². The minimum absolute atomic E-state index is 0.274. The quantitative estimate of drug-likeness (QED) is 0.503. The number of aromatic nitrogens is 2. The summed E-state index contributed by atoms with van der Waals surface area (Å²) in [5.74, 6) is -0.799. The highest BCUT2D eigenvalue weighted by molar-refractivity contribution is 5.85. The lowest BCUT2D eigenvalue weighted by molar-refractivity contribution is -0.201. The Morgan fingerprint density at radius 3 is 2.31 bits per heavy atom. The zero-order valence-electron chi connectivity index (χ0n) is 21.3. The number of benzene rings is 1. The third kappa shape index (κ3) is 4.19. The smallest absolute Gasteiger partial charge is 0.191 e. The number of nitrogens with zero attached hydrogens (tertiary/aromatic N) is 5. The van der Waals surface area contributed by atoms with Gasteiger partial charge in [-0.15, -0.1) is 0 Å². The SMILES string of the molecule is CN[C@H]1C[C@H](n2cc(C#N)c3cc(F)c(N4CCN(c5ccc(C(C)(OC)OC)cc5)CC4)nc32)C1. The summed E-state index contributed by atoms with van der Waals surface area (Å²) in [5, 5.41) is 13.5. The van der Waals surface area contributed by atoms with E-state index in [4.69, 9.17) is 14.5 Å². The molecule has 0 atom stereocenters. The molecule has 1 aromatic carbocycles. The number of halogens is 1. The largest absolute Gasteiger partial charge is 0.368 e. The Bertz CT molecular complexity index is 1270. The van der Waals surface area contributed by atoms with Crippen LogP contribution in [0.1, 0.15) is 36.9 Å². The third-order valence-electron chi connectivity index (χ3n) is 7.89. The summed E-state index contributed by atoms with van der Waals surface area (Å²) in [4.78, 5) is 9.07. The zero-order valence-corrected chi connectivity index (χ0v) is 21.3. The van der Waals surface area contributed by atoms with Crippen LogP contribution in [0, 0.1) is 17.1 Å². The fraction of sp³-hybridized carbons (Fsp3) is 0.481. The number of methoxy groups -OCH3 is 2. The van der Waals surface area contributed by atoms with Crippen LogP contribution in [-0.2, 0) is 15.3 Å². The molecule has 0 amide bonds. The van der Waals surface area contributed by atoms with Crippen molar-refractivity contribution in [2.45, 2.75) is 37.6 Å². The molecular weight excluding hydrogens is 459 g/mol. The first kappa shape index (κ1) is 24.5. The molecule has 2 aliphatic rings. The molecule has 1 N–H and O–H groups in total. The number of nitriles is 1. The number of rotatable bonds is 7. The summed E-state index contributed by atoms with van der Waals surface area (Å²) >= 11 is 0. The molecule has 1 saturated carbocycles. The van der Waals surface area contributed by atoms with Crippen molar-refractivity contribution < 1.29 is 13.9 Å². The van der Waals surface area contributed by atoms with Gasteiger partial charge in [0.05, 0.1) is 5.56 Å². The van der Waals surface area contributed by atoms with Gasteiger partial charge in [0.2, 0.25) is 0 Å². The summed E-state index contributed by atoms with van der Waals surface area (Å²) < 4.78 is 28.3. The van der Waals surface area contributed by atoms with E-state index in [0.717, 1.165) is 37.2 Å². The van der Waals surface area contributed by atoms with Crippen LogP contribution in [0.2, 0.25) is 0 Å². The topological polar surface area (TPSA) is 78.6 Å². The Kier molecular flexibility index (Phi) is 6.60. The van der Waals surface area contributed by atoms with Crippen molar-refractivity contribution in [2.75, 3.05) is 57.2 Å². The molecule has 3 heterocycles. The van der Waals surface area contributed by atoms with Crippen LogP contribution < -0.4 is 15.1 Å². The molecule has 1 saturated heterocycles. The molecule has 1 aliphatic carbocycles. The second-order valence-corrected chi connectivity index (χ2v) is 9.71. The number of ether oxygens (including phenoxy) is 2. The molecule has 0 spiro atoms. The Balaban J connectivity index is 1.33. The fourth-order valence-corrected chi connectivity index (χ4v) is 5.24. The van der Waals surface area contributed by atoms with Crippen molar-refractivity contribution in [1.29, 1.82) is 5.26 Å². The van der Waals surface area contributed by atoms with Gasteiger partial charge in [-0.05, 0) is 45.0 Å². The van der Waals surface area contributed by atoms with E-state index < -0.39 is 5.79 Å². The second kappa shape index (κ2) is 9.69. The molecule has 2 aromatic heterocycles. The average Bonchev–Trinajstić information content (AvgIpc) is 3.24. The molecule has 0 bridgehead atoms. The van der Waals surface area contributed by atoms with E-state index in [0.29, 0.717) is 41.5 Å². The van der Waals surface area contributed by atoms with Gasteiger partial charge in [-0.3, -0.25) is 0 Å². The molecule has 2 fully saturated rings. The molecule has 3 aromatic rings. The lowest BCUT2D eigenvalue weighted by atomic mass is 9.87. The van der Waals surface area contributed by atoms with Crippen LogP contribution in [0.5, 0.6) is 0 Å². The minimum atomic E-state index is -0.782. The third-order valence-corrected chi connectivity index (χ3v) is 7.89. The number of pyridine rings is 1. The lowest BCUT2D eigenvalue weighted by Gasteiger charge is -2.38. The maximum absolute atomic E-state index is 15.2. The molecule has 0 radical (unpaired) electrons. The molecule has 36 heavy (non-hydrogen) atoms. The second-order valence-electron chi connectivity index (χ2n) is 9.71. The zero-order chi connectivity index (χ0) is 25.4. The summed E-state index contributed by atoms with van der Waals surface area (Å²) in [5.41, 5.74) is 3.22. The van der Waals surface area contributed by atoms with Gasteiger partial charge in [-0.2, -0.15) is 5.26 Å². The molecular formula is C27H33FN6O2. The predicted octanol–water partition coefficient (Wildman–Crippen LogP) is 3.76. The van der Waals surface area contributed by atoms with E-state index >= 15 is 4.39 Å². The van der Waals surface area contributed by atoms with E-state index in [1.807, 2.05) is 37.2 Å². The number of hydrogen-bond donors (Lipinski definition) is 1. The molecule has 5 rings (SSSR count). The molecule has 0 unspecified atom stereocenters. The van der Waals surface area contributed by atoms with Crippen LogP contribution in [0.25, 0.3) is 11.0 Å². The number of nitrogens with one attached hydrogen (secondary N) is 1. The monoisotopic (exact) mass is 492 g/mol. The highest BCUT2D eigenvalue weighted by atomic mass is 19.1. The lowest BCUT2D eigenvalue weighted by Crippen LogP contribution is -2.47. The minimum Gasteiger partial charge on any atom is -0.368 e. The van der Waals surface area contributed by atoms with Crippen LogP contribution in [0.3, 0.4) is 0 Å². The Hall–Kier alpha value is -3.19. The first-order valence-electron chi connectivity index (χ1n) is 12.4. The van der Waals surface area contributed by atoms with Crippen molar-refractivity contribution in [3.63, 3.8) is 0 Å². The summed E-state index contributed by atoms with van der Waals surface area (Å²) in [6.07, 6.45) is 3.78. The normalized spacial score (nSPS) is 20.4. The number of anilines is 2. The maximum Gasteiger partial charge on any atom is 0.191 e. The van der Waals surface area contributed by atoms with E-state index in [-0.39, 0.29) is 11.9 Å². The summed E-state index contributed by atoms with van der Waals surface area (Å²) in [7, 11) is 5.22. The van der Waals surface area contributed by atoms with Gasteiger partial charge < -0.3 is 29.2 Å². The number of piperazine rings is 1. The van der Waals surface area contributed by atoms with Crippen LogP contribution in [0.4, 0.5) is 15.9 Å². The van der Waals surface area contributed by atoms with E-state index in [1.54, 1.807) is 14.2 Å². The van der Waals surface area contributed by atoms with E-state index in [2.05, 4.69) is 33.0 Å². The standard InChI is InChI=1S/C27H33FN6O2/c1-27(35-3,36-4)19-5-7-21(8-6-19)32-9-11-33(12-10-32)26-24(28)15-23-18(16-29)17-34(25(23)31-26)22-13-20(14-22)30-2/h5-8,15,17,20,22,30H,9-14H2,1-4H3/t20-,22-. The van der Waals surface area contributed by atoms with Crippen molar-refractivity contribution in [2.24, 2.45) is 0 Å².